The molecule has 1 heterocycles. The number of thiazole rings is 1. The zero-order chi connectivity index (χ0) is 14.8. The fourth-order valence-electron chi connectivity index (χ4n) is 1.97. The lowest BCUT2D eigenvalue weighted by atomic mass is 10.1. The van der Waals surface area contributed by atoms with Crippen molar-refractivity contribution in [3.05, 3.63) is 53.6 Å². The molecule has 21 heavy (non-hydrogen) atoms. The summed E-state index contributed by atoms with van der Waals surface area (Å²) < 4.78 is 0.887. The van der Waals surface area contributed by atoms with Gasteiger partial charge in [-0.3, -0.25) is 4.79 Å². The molecule has 0 unspecified atom stereocenters. The summed E-state index contributed by atoms with van der Waals surface area (Å²) in [6.45, 7) is 0. The summed E-state index contributed by atoms with van der Waals surface area (Å²) in [6.07, 6.45) is 5.35. The minimum atomic E-state index is -0.196. The molecule has 3 rings (SSSR count). The van der Waals surface area contributed by atoms with Gasteiger partial charge in [-0.05, 0) is 36.4 Å². The number of fused-ring (bicyclic) bond motifs is 1. The first-order valence-corrected chi connectivity index (χ1v) is 7.01. The number of anilines is 2. The van der Waals surface area contributed by atoms with Crippen LogP contribution in [-0.2, 0) is 0 Å². The Morgan fingerprint density at radius 1 is 1.29 bits per heavy atom. The van der Waals surface area contributed by atoms with Crippen LogP contribution in [0.4, 0.5) is 10.8 Å². The topological polar surface area (TPSA) is 68.0 Å². The molecule has 0 radical (unpaired) electrons. The lowest BCUT2D eigenvalue weighted by Gasteiger charge is -2.05. The highest BCUT2D eigenvalue weighted by Gasteiger charge is 2.09. The third kappa shape index (κ3) is 2.71. The van der Waals surface area contributed by atoms with E-state index in [4.69, 9.17) is 12.2 Å². The van der Waals surface area contributed by atoms with Crippen LogP contribution in [0.15, 0.2) is 42.5 Å². The molecular weight excluding hydrogens is 282 g/mol. The van der Waals surface area contributed by atoms with Crippen molar-refractivity contribution in [3.63, 3.8) is 0 Å². The zero-order valence-electron chi connectivity index (χ0n) is 11.0. The van der Waals surface area contributed by atoms with Gasteiger partial charge >= 0.3 is 0 Å². The molecule has 3 aromatic rings. The molecule has 5 heteroatoms. The number of hydrogen-bond donors (Lipinski definition) is 2. The van der Waals surface area contributed by atoms with Gasteiger partial charge in [0.05, 0.1) is 10.2 Å². The van der Waals surface area contributed by atoms with Gasteiger partial charge in [0.2, 0.25) is 0 Å². The van der Waals surface area contributed by atoms with Crippen molar-refractivity contribution in [2.75, 3.05) is 11.1 Å². The van der Waals surface area contributed by atoms with Gasteiger partial charge in [-0.15, -0.1) is 6.42 Å². The Hall–Kier alpha value is -2.84. The van der Waals surface area contributed by atoms with Crippen molar-refractivity contribution in [3.8, 4) is 12.3 Å². The summed E-state index contributed by atoms with van der Waals surface area (Å²) >= 11 is 1.36. The highest BCUT2D eigenvalue weighted by atomic mass is 32.1. The van der Waals surface area contributed by atoms with Crippen LogP contribution in [0.1, 0.15) is 15.9 Å². The van der Waals surface area contributed by atoms with E-state index in [1.807, 2.05) is 6.07 Å². The average molecular weight is 293 g/mol. The van der Waals surface area contributed by atoms with Gasteiger partial charge in [-0.25, -0.2) is 4.98 Å². The maximum Gasteiger partial charge on any atom is 0.255 e. The van der Waals surface area contributed by atoms with E-state index in [-0.39, 0.29) is 5.91 Å². The van der Waals surface area contributed by atoms with Crippen LogP contribution in [-0.4, -0.2) is 10.9 Å². The Balaban J connectivity index is 1.87. The fraction of sp³-hybridized carbons (Fsp3) is 0. The number of nitrogen functional groups attached to an aromatic ring is 1. The summed E-state index contributed by atoms with van der Waals surface area (Å²) in [6, 6.07) is 12.4. The van der Waals surface area contributed by atoms with E-state index < -0.39 is 0 Å². The van der Waals surface area contributed by atoms with Crippen molar-refractivity contribution in [1.82, 2.24) is 4.98 Å². The van der Waals surface area contributed by atoms with E-state index in [9.17, 15) is 4.79 Å². The first kappa shape index (κ1) is 13.2. The van der Waals surface area contributed by atoms with Crippen LogP contribution in [0.25, 0.3) is 10.2 Å². The molecule has 0 bridgehead atoms. The Morgan fingerprint density at radius 3 is 2.95 bits per heavy atom. The Bertz CT molecular complexity index is 877. The third-order valence-corrected chi connectivity index (χ3v) is 3.80. The second-order valence-electron chi connectivity index (χ2n) is 4.41. The van der Waals surface area contributed by atoms with Crippen molar-refractivity contribution >= 4 is 38.3 Å². The number of nitrogens with zero attached hydrogens (tertiary/aromatic N) is 1. The maximum atomic E-state index is 12.3. The van der Waals surface area contributed by atoms with Gasteiger partial charge in [-0.1, -0.05) is 23.3 Å². The maximum absolute atomic E-state index is 12.3. The number of nitrogens with two attached hydrogens (primary N) is 1. The van der Waals surface area contributed by atoms with E-state index in [2.05, 4.69) is 16.2 Å². The number of benzene rings is 2. The van der Waals surface area contributed by atoms with E-state index in [1.54, 1.807) is 36.4 Å². The van der Waals surface area contributed by atoms with E-state index in [1.165, 1.54) is 11.3 Å². The summed E-state index contributed by atoms with van der Waals surface area (Å²) in [5.74, 6) is 2.34. The molecule has 0 atom stereocenters. The SMILES string of the molecule is C#Cc1cccc(NC(=O)c2ccc3nc(N)sc3c2)c1. The molecule has 1 amide bonds. The molecule has 0 saturated carbocycles. The Kier molecular flexibility index (Phi) is 3.30. The van der Waals surface area contributed by atoms with Crippen LogP contribution in [0.3, 0.4) is 0 Å². The predicted octanol–water partition coefficient (Wildman–Crippen LogP) is 3.11. The van der Waals surface area contributed by atoms with Crippen LogP contribution in [0, 0.1) is 12.3 Å². The number of terminal acetylenes is 1. The lowest BCUT2D eigenvalue weighted by molar-refractivity contribution is 0.102. The number of aromatic nitrogens is 1. The highest BCUT2D eigenvalue weighted by molar-refractivity contribution is 7.22. The molecule has 3 N–H and O–H groups in total. The van der Waals surface area contributed by atoms with E-state index >= 15 is 0 Å². The van der Waals surface area contributed by atoms with Gasteiger partial charge in [0.1, 0.15) is 0 Å². The molecule has 0 aliphatic heterocycles. The second kappa shape index (κ2) is 5.27. The predicted molar refractivity (Wildman–Crippen MR) is 86.4 cm³/mol. The van der Waals surface area contributed by atoms with Gasteiger partial charge in [0, 0.05) is 16.8 Å². The van der Waals surface area contributed by atoms with Crippen molar-refractivity contribution in [2.24, 2.45) is 0 Å². The molecule has 0 aliphatic carbocycles. The smallest absolute Gasteiger partial charge is 0.255 e. The lowest BCUT2D eigenvalue weighted by Crippen LogP contribution is -2.11. The van der Waals surface area contributed by atoms with Crippen LogP contribution >= 0.6 is 11.3 Å². The van der Waals surface area contributed by atoms with Crippen molar-refractivity contribution in [1.29, 1.82) is 0 Å². The van der Waals surface area contributed by atoms with Crippen molar-refractivity contribution < 1.29 is 4.79 Å². The van der Waals surface area contributed by atoms with Crippen molar-refractivity contribution in [2.45, 2.75) is 0 Å². The quantitative estimate of drug-likeness (QED) is 0.713. The van der Waals surface area contributed by atoms with Gasteiger partial charge < -0.3 is 11.1 Å². The highest BCUT2D eigenvalue weighted by Crippen LogP contribution is 2.25. The number of carbonyl (C=O) groups is 1. The minimum Gasteiger partial charge on any atom is -0.375 e. The van der Waals surface area contributed by atoms with Crippen LogP contribution in [0.5, 0.6) is 0 Å². The zero-order valence-corrected chi connectivity index (χ0v) is 11.8. The Labute approximate surface area is 125 Å². The summed E-state index contributed by atoms with van der Waals surface area (Å²) in [5.41, 5.74) is 8.40. The molecule has 0 fully saturated rings. The average Bonchev–Trinajstić information content (AvgIpc) is 2.86. The normalized spacial score (nSPS) is 10.2. The fourth-order valence-corrected chi connectivity index (χ4v) is 2.75. The molecule has 0 spiro atoms. The Morgan fingerprint density at radius 2 is 2.14 bits per heavy atom. The van der Waals surface area contributed by atoms with Gasteiger partial charge in [-0.2, -0.15) is 0 Å². The monoisotopic (exact) mass is 293 g/mol. The second-order valence-corrected chi connectivity index (χ2v) is 5.48. The number of rotatable bonds is 2. The molecule has 1 aromatic heterocycles. The minimum absolute atomic E-state index is 0.196. The summed E-state index contributed by atoms with van der Waals surface area (Å²) in [4.78, 5) is 16.4. The number of hydrogen-bond acceptors (Lipinski definition) is 4. The summed E-state index contributed by atoms with van der Waals surface area (Å²) in [7, 11) is 0. The van der Waals surface area contributed by atoms with E-state index in [0.717, 1.165) is 15.8 Å². The molecule has 2 aromatic carbocycles. The summed E-state index contributed by atoms with van der Waals surface area (Å²) in [5, 5.41) is 3.31. The molecule has 0 aliphatic rings. The first-order valence-electron chi connectivity index (χ1n) is 6.20. The number of amides is 1. The van der Waals surface area contributed by atoms with Gasteiger partial charge in [0.25, 0.3) is 5.91 Å². The van der Waals surface area contributed by atoms with Crippen LogP contribution in [0.2, 0.25) is 0 Å². The van der Waals surface area contributed by atoms with Crippen LogP contribution < -0.4 is 11.1 Å². The molecule has 0 saturated heterocycles. The standard InChI is InChI=1S/C16H11N3OS/c1-2-10-4-3-5-12(8-10)18-15(20)11-6-7-13-14(9-11)21-16(17)19-13/h1,3-9H,(H2,17,19)(H,18,20). The number of nitrogens with one attached hydrogen (secondary N) is 1. The molecular formula is C16H11N3OS. The number of carbonyl (C=O) groups excluding carboxylic acids is 1. The van der Waals surface area contributed by atoms with Gasteiger partial charge in [0.15, 0.2) is 5.13 Å². The molecule has 4 nitrogen and oxygen atoms in total. The first-order chi connectivity index (χ1) is 10.2. The van der Waals surface area contributed by atoms with E-state index in [0.29, 0.717) is 16.4 Å². The largest absolute Gasteiger partial charge is 0.375 e. The third-order valence-electron chi connectivity index (χ3n) is 2.95. The molecule has 102 valence electrons.